The molecule has 1 aromatic heterocycles. The third-order valence-corrected chi connectivity index (χ3v) is 5.39. The van der Waals surface area contributed by atoms with Crippen LogP contribution in [0.15, 0.2) is 52.9 Å². The highest BCUT2D eigenvalue weighted by Crippen LogP contribution is 2.28. The molecule has 0 spiro atoms. The summed E-state index contributed by atoms with van der Waals surface area (Å²) in [6.07, 6.45) is 3.51. The minimum Gasteiger partial charge on any atom is -0.419 e. The van der Waals surface area contributed by atoms with E-state index in [9.17, 15) is 10.1 Å². The number of hydrogen-bond donors (Lipinski definition) is 1. The first-order valence-corrected chi connectivity index (χ1v) is 10.8. The molecule has 7 nitrogen and oxygen atoms in total. The Bertz CT molecular complexity index is 981. The van der Waals surface area contributed by atoms with Crippen LogP contribution in [0.25, 0.3) is 11.5 Å². The number of unbranched alkanes of at least 4 members (excludes halogenated alkanes) is 1. The number of nitrogens with one attached hydrogen (secondary N) is 1. The van der Waals surface area contributed by atoms with Gasteiger partial charge in [0.15, 0.2) is 0 Å². The summed E-state index contributed by atoms with van der Waals surface area (Å²) in [5, 5.41) is 22.8. The Morgan fingerprint density at radius 2 is 1.71 bits per heavy atom. The summed E-state index contributed by atoms with van der Waals surface area (Å²) >= 11 is 0. The molecule has 164 valence electrons. The van der Waals surface area contributed by atoms with E-state index in [1.807, 2.05) is 6.92 Å². The van der Waals surface area contributed by atoms with E-state index < -0.39 is 4.92 Å². The molecular weight excluding hydrogens is 392 g/mol. The minimum absolute atomic E-state index is 0.0269. The van der Waals surface area contributed by atoms with Gasteiger partial charge >= 0.3 is 0 Å². The van der Waals surface area contributed by atoms with Gasteiger partial charge in [0.05, 0.1) is 11.0 Å². The van der Waals surface area contributed by atoms with E-state index in [-0.39, 0.29) is 17.8 Å². The molecule has 2 atom stereocenters. The van der Waals surface area contributed by atoms with Crippen molar-refractivity contribution in [3.63, 3.8) is 0 Å². The van der Waals surface area contributed by atoms with Crippen molar-refractivity contribution in [2.24, 2.45) is 5.92 Å². The van der Waals surface area contributed by atoms with Crippen LogP contribution in [0.5, 0.6) is 0 Å². The zero-order valence-corrected chi connectivity index (χ0v) is 18.5. The van der Waals surface area contributed by atoms with Crippen molar-refractivity contribution in [3.8, 4) is 11.5 Å². The number of nitro groups is 1. The van der Waals surface area contributed by atoms with Crippen LogP contribution in [0.1, 0.15) is 69.6 Å². The summed E-state index contributed by atoms with van der Waals surface area (Å²) in [5.41, 5.74) is 3.28. The van der Waals surface area contributed by atoms with Crippen LogP contribution < -0.4 is 5.32 Å². The predicted octanol–water partition coefficient (Wildman–Crippen LogP) is 6.04. The minimum atomic E-state index is -0.433. The van der Waals surface area contributed by atoms with Crippen LogP contribution in [-0.4, -0.2) is 15.1 Å². The van der Waals surface area contributed by atoms with Crippen molar-refractivity contribution < 1.29 is 9.34 Å². The number of nitrogens with zero attached hydrogens (tertiary/aromatic N) is 3. The lowest BCUT2D eigenvalue weighted by Gasteiger charge is -2.25. The second-order valence-electron chi connectivity index (χ2n) is 8.20. The maximum Gasteiger partial charge on any atom is 0.269 e. The molecule has 0 aliphatic rings. The fraction of sp³-hybridized carbons (Fsp3) is 0.417. The van der Waals surface area contributed by atoms with E-state index in [0.717, 1.165) is 6.42 Å². The van der Waals surface area contributed by atoms with Gasteiger partial charge in [0.1, 0.15) is 0 Å². The van der Waals surface area contributed by atoms with Crippen molar-refractivity contribution in [1.82, 2.24) is 15.5 Å². The lowest BCUT2D eigenvalue weighted by atomic mass is 9.94. The maximum absolute atomic E-state index is 10.8. The number of hydrogen-bond acceptors (Lipinski definition) is 6. The Hall–Kier alpha value is -3.06. The third kappa shape index (κ3) is 5.76. The predicted molar refractivity (Wildman–Crippen MR) is 121 cm³/mol. The van der Waals surface area contributed by atoms with Gasteiger partial charge in [-0.2, -0.15) is 0 Å². The number of benzene rings is 2. The smallest absolute Gasteiger partial charge is 0.269 e. The van der Waals surface area contributed by atoms with Crippen molar-refractivity contribution in [1.29, 1.82) is 0 Å². The maximum atomic E-state index is 10.8. The molecule has 7 heteroatoms. The van der Waals surface area contributed by atoms with Crippen LogP contribution >= 0.6 is 0 Å². The zero-order chi connectivity index (χ0) is 22.4. The van der Waals surface area contributed by atoms with Crippen LogP contribution in [0.4, 0.5) is 5.69 Å². The molecule has 0 aliphatic carbocycles. The summed E-state index contributed by atoms with van der Waals surface area (Å²) in [7, 11) is 0. The summed E-state index contributed by atoms with van der Waals surface area (Å²) in [4.78, 5) is 10.4. The highest BCUT2D eigenvalue weighted by Gasteiger charge is 2.22. The summed E-state index contributed by atoms with van der Waals surface area (Å²) in [5.74, 6) is 1.21. The van der Waals surface area contributed by atoms with E-state index in [4.69, 9.17) is 4.42 Å². The summed E-state index contributed by atoms with van der Waals surface area (Å²) in [6.45, 7) is 8.58. The summed E-state index contributed by atoms with van der Waals surface area (Å²) in [6, 6.07) is 14.9. The van der Waals surface area contributed by atoms with E-state index in [1.165, 1.54) is 36.1 Å². The van der Waals surface area contributed by atoms with Crippen LogP contribution in [0.3, 0.4) is 0 Å². The standard InChI is InChI=1S/C24H30N4O3/c1-5-6-7-18-8-10-19(11-9-18)22(16(2)3)25-17(4)23-26-27-24(31-23)20-12-14-21(15-13-20)28(29)30/h8-17,22,25H,5-7H2,1-4H3/t17-,22-/m1/s1. The number of aromatic nitrogens is 2. The quantitative estimate of drug-likeness (QED) is 0.316. The SMILES string of the molecule is CCCCc1ccc([C@H](N[C@H](C)c2nnc(-c3ccc([N+](=O)[O-])cc3)o2)C(C)C)cc1. The lowest BCUT2D eigenvalue weighted by Crippen LogP contribution is -2.28. The number of aryl methyl sites for hydroxylation is 1. The lowest BCUT2D eigenvalue weighted by molar-refractivity contribution is -0.384. The van der Waals surface area contributed by atoms with Gasteiger partial charge in [-0.15, -0.1) is 10.2 Å². The van der Waals surface area contributed by atoms with Gasteiger partial charge < -0.3 is 4.42 Å². The van der Waals surface area contributed by atoms with Crippen molar-refractivity contribution in [2.45, 2.75) is 59.0 Å². The number of nitro benzene ring substituents is 1. The molecule has 0 aliphatic heterocycles. The first-order valence-electron chi connectivity index (χ1n) is 10.8. The number of non-ortho nitro benzene ring substituents is 1. The average Bonchev–Trinajstić information content (AvgIpc) is 3.26. The molecule has 0 unspecified atom stereocenters. The highest BCUT2D eigenvalue weighted by molar-refractivity contribution is 5.55. The van der Waals surface area contributed by atoms with Gasteiger partial charge in [0, 0.05) is 23.7 Å². The molecule has 0 radical (unpaired) electrons. The van der Waals surface area contributed by atoms with Gasteiger partial charge in [-0.05, 0) is 48.9 Å². The fourth-order valence-electron chi connectivity index (χ4n) is 3.54. The largest absolute Gasteiger partial charge is 0.419 e. The molecule has 3 aromatic rings. The molecule has 0 amide bonds. The van der Waals surface area contributed by atoms with Gasteiger partial charge in [0.25, 0.3) is 5.69 Å². The van der Waals surface area contributed by atoms with Gasteiger partial charge in [0.2, 0.25) is 11.8 Å². The van der Waals surface area contributed by atoms with Crippen molar-refractivity contribution in [3.05, 3.63) is 75.7 Å². The normalized spacial score (nSPS) is 13.3. The third-order valence-electron chi connectivity index (χ3n) is 5.39. The van der Waals surface area contributed by atoms with Crippen LogP contribution in [-0.2, 0) is 6.42 Å². The molecule has 31 heavy (non-hydrogen) atoms. The molecule has 0 saturated carbocycles. The Balaban J connectivity index is 1.71. The second-order valence-corrected chi connectivity index (χ2v) is 8.20. The van der Waals surface area contributed by atoms with Crippen LogP contribution in [0.2, 0.25) is 0 Å². The first-order chi connectivity index (χ1) is 14.9. The second kappa shape index (κ2) is 10.3. The van der Waals surface area contributed by atoms with E-state index >= 15 is 0 Å². The molecule has 3 rings (SSSR count). The Morgan fingerprint density at radius 1 is 1.03 bits per heavy atom. The first kappa shape index (κ1) is 22.6. The Kier molecular flexibility index (Phi) is 7.52. The number of rotatable bonds is 10. The molecule has 1 N–H and O–H groups in total. The summed E-state index contributed by atoms with van der Waals surface area (Å²) < 4.78 is 5.86. The van der Waals surface area contributed by atoms with E-state index in [2.05, 4.69) is 60.6 Å². The monoisotopic (exact) mass is 422 g/mol. The molecule has 0 fully saturated rings. The molecule has 1 heterocycles. The van der Waals surface area contributed by atoms with E-state index in [0.29, 0.717) is 23.3 Å². The van der Waals surface area contributed by atoms with Crippen molar-refractivity contribution >= 4 is 5.69 Å². The zero-order valence-electron chi connectivity index (χ0n) is 18.5. The van der Waals surface area contributed by atoms with Gasteiger partial charge in [-0.1, -0.05) is 51.5 Å². The van der Waals surface area contributed by atoms with Gasteiger partial charge in [-0.25, -0.2) is 0 Å². The Labute approximate surface area is 183 Å². The highest BCUT2D eigenvalue weighted by atomic mass is 16.6. The topological polar surface area (TPSA) is 94.1 Å². The molecule has 0 saturated heterocycles. The average molecular weight is 423 g/mol. The Morgan fingerprint density at radius 3 is 2.29 bits per heavy atom. The molecular formula is C24H30N4O3. The van der Waals surface area contributed by atoms with E-state index in [1.54, 1.807) is 12.1 Å². The van der Waals surface area contributed by atoms with Crippen molar-refractivity contribution in [2.75, 3.05) is 0 Å². The molecule has 2 aromatic carbocycles. The van der Waals surface area contributed by atoms with Crippen LogP contribution in [0, 0.1) is 16.0 Å². The molecule has 0 bridgehead atoms. The van der Waals surface area contributed by atoms with Gasteiger partial charge in [-0.3, -0.25) is 15.4 Å². The fourth-order valence-corrected chi connectivity index (χ4v) is 3.54.